The number of nitrogens with zero attached hydrogens (tertiary/aromatic N) is 2. The van der Waals surface area contributed by atoms with E-state index in [1.165, 1.54) is 0 Å². The molecule has 0 aromatic carbocycles. The lowest BCUT2D eigenvalue weighted by Gasteiger charge is -2.01. The van der Waals surface area contributed by atoms with E-state index in [9.17, 15) is 0 Å². The van der Waals surface area contributed by atoms with Crippen molar-refractivity contribution in [2.24, 2.45) is 0 Å². The van der Waals surface area contributed by atoms with Crippen molar-refractivity contribution in [2.75, 3.05) is 6.54 Å². The van der Waals surface area contributed by atoms with Crippen LogP contribution in [0.15, 0.2) is 18.6 Å². The normalized spacial score (nSPS) is 9.46. The number of terminal acetylenes is 1. The number of unbranched alkanes of at least 4 members (excludes halogenated alkanes) is 1. The number of hydrogen-bond acceptors (Lipinski definition) is 3. The smallest absolute Gasteiger partial charge is 0.0724 e. The Bertz CT molecular complexity index is 263. The molecule has 0 fully saturated rings. The molecule has 0 saturated carbocycles. The molecule has 0 spiro atoms. The predicted molar refractivity (Wildman–Crippen MR) is 51.8 cm³/mol. The zero-order valence-electron chi connectivity index (χ0n) is 7.53. The summed E-state index contributed by atoms with van der Waals surface area (Å²) in [6.45, 7) is 1.69. The van der Waals surface area contributed by atoms with Crippen LogP contribution < -0.4 is 5.32 Å². The summed E-state index contributed by atoms with van der Waals surface area (Å²) < 4.78 is 0. The zero-order chi connectivity index (χ0) is 9.36. The lowest BCUT2D eigenvalue weighted by atomic mass is 10.3. The van der Waals surface area contributed by atoms with Crippen molar-refractivity contribution in [3.05, 3.63) is 24.3 Å². The van der Waals surface area contributed by atoms with Gasteiger partial charge in [-0.3, -0.25) is 9.97 Å². The van der Waals surface area contributed by atoms with Gasteiger partial charge < -0.3 is 5.32 Å². The second kappa shape index (κ2) is 6.15. The Balaban J connectivity index is 2.11. The highest BCUT2D eigenvalue weighted by Gasteiger charge is 1.91. The first-order valence-corrected chi connectivity index (χ1v) is 4.32. The van der Waals surface area contributed by atoms with Gasteiger partial charge in [0.1, 0.15) is 0 Å². The third-order valence-corrected chi connectivity index (χ3v) is 1.60. The fourth-order valence-electron chi connectivity index (χ4n) is 0.953. The molecule has 1 heterocycles. The Morgan fingerprint density at radius 1 is 1.46 bits per heavy atom. The van der Waals surface area contributed by atoms with Gasteiger partial charge in [-0.15, -0.1) is 12.3 Å². The minimum atomic E-state index is 0.762. The number of nitrogens with one attached hydrogen (secondary N) is 1. The molecular weight excluding hydrogens is 162 g/mol. The van der Waals surface area contributed by atoms with E-state index in [0.29, 0.717) is 0 Å². The average molecular weight is 175 g/mol. The summed E-state index contributed by atoms with van der Waals surface area (Å²) in [4.78, 5) is 8.10. The first kappa shape index (κ1) is 9.69. The van der Waals surface area contributed by atoms with Gasteiger partial charge >= 0.3 is 0 Å². The molecule has 1 N–H and O–H groups in total. The highest BCUT2D eigenvalue weighted by molar-refractivity contribution is 4.93. The monoisotopic (exact) mass is 175 g/mol. The topological polar surface area (TPSA) is 37.8 Å². The Morgan fingerprint density at radius 2 is 2.38 bits per heavy atom. The molecule has 0 saturated heterocycles. The van der Waals surface area contributed by atoms with Gasteiger partial charge in [0.25, 0.3) is 0 Å². The molecule has 0 unspecified atom stereocenters. The van der Waals surface area contributed by atoms with E-state index in [-0.39, 0.29) is 0 Å². The van der Waals surface area contributed by atoms with E-state index in [1.54, 1.807) is 18.6 Å². The van der Waals surface area contributed by atoms with E-state index in [0.717, 1.165) is 31.6 Å². The minimum Gasteiger partial charge on any atom is -0.311 e. The van der Waals surface area contributed by atoms with Crippen molar-refractivity contribution in [3.8, 4) is 12.3 Å². The molecule has 1 aromatic heterocycles. The van der Waals surface area contributed by atoms with Crippen molar-refractivity contribution in [3.63, 3.8) is 0 Å². The first-order valence-electron chi connectivity index (χ1n) is 4.32. The molecule has 0 aliphatic rings. The number of hydrogen-bond donors (Lipinski definition) is 1. The summed E-state index contributed by atoms with van der Waals surface area (Å²) in [7, 11) is 0. The summed E-state index contributed by atoms with van der Waals surface area (Å²) in [5.74, 6) is 2.60. The molecule has 0 radical (unpaired) electrons. The second-order valence-electron chi connectivity index (χ2n) is 2.68. The van der Waals surface area contributed by atoms with Crippen molar-refractivity contribution >= 4 is 0 Å². The van der Waals surface area contributed by atoms with E-state index in [4.69, 9.17) is 6.42 Å². The molecule has 13 heavy (non-hydrogen) atoms. The molecular formula is C10H13N3. The lowest BCUT2D eigenvalue weighted by Crippen LogP contribution is -2.15. The number of aromatic nitrogens is 2. The fraction of sp³-hybridized carbons (Fsp3) is 0.400. The molecule has 68 valence electrons. The maximum Gasteiger partial charge on any atom is 0.0724 e. The van der Waals surface area contributed by atoms with Crippen molar-refractivity contribution in [1.82, 2.24) is 15.3 Å². The molecule has 3 nitrogen and oxygen atoms in total. The summed E-state index contributed by atoms with van der Waals surface area (Å²) in [6.07, 6.45) is 12.1. The standard InChI is InChI=1S/C10H13N3/c1-2-3-4-5-11-8-10-9-12-6-7-13-10/h1,6-7,9,11H,3-5,8H2. The Hall–Kier alpha value is -1.40. The first-order chi connectivity index (χ1) is 6.43. The van der Waals surface area contributed by atoms with Crippen LogP contribution in [-0.4, -0.2) is 16.5 Å². The summed E-state index contributed by atoms with van der Waals surface area (Å²) in [5, 5.41) is 3.24. The van der Waals surface area contributed by atoms with Gasteiger partial charge in [-0.25, -0.2) is 0 Å². The van der Waals surface area contributed by atoms with Crippen molar-refractivity contribution in [2.45, 2.75) is 19.4 Å². The van der Waals surface area contributed by atoms with E-state index in [2.05, 4.69) is 21.2 Å². The second-order valence-corrected chi connectivity index (χ2v) is 2.68. The van der Waals surface area contributed by atoms with Crippen LogP contribution >= 0.6 is 0 Å². The van der Waals surface area contributed by atoms with E-state index >= 15 is 0 Å². The van der Waals surface area contributed by atoms with Gasteiger partial charge in [-0.05, 0) is 13.0 Å². The van der Waals surface area contributed by atoms with Gasteiger partial charge in [-0.1, -0.05) is 0 Å². The highest BCUT2D eigenvalue weighted by atomic mass is 14.9. The van der Waals surface area contributed by atoms with Gasteiger partial charge in [0.15, 0.2) is 0 Å². The zero-order valence-corrected chi connectivity index (χ0v) is 7.53. The van der Waals surface area contributed by atoms with Gasteiger partial charge in [0.2, 0.25) is 0 Å². The molecule has 0 aliphatic carbocycles. The largest absolute Gasteiger partial charge is 0.311 e. The van der Waals surface area contributed by atoms with E-state index < -0.39 is 0 Å². The van der Waals surface area contributed by atoms with Gasteiger partial charge in [0, 0.05) is 31.6 Å². The molecule has 0 bridgehead atoms. The predicted octanol–water partition coefficient (Wildman–Crippen LogP) is 0.980. The molecule has 3 heteroatoms. The van der Waals surface area contributed by atoms with Crippen LogP contribution in [0.3, 0.4) is 0 Å². The third kappa shape index (κ3) is 4.24. The quantitative estimate of drug-likeness (QED) is 0.535. The maximum absolute atomic E-state index is 5.12. The van der Waals surface area contributed by atoms with Crippen LogP contribution in [0.1, 0.15) is 18.5 Å². The van der Waals surface area contributed by atoms with Crippen LogP contribution in [0.2, 0.25) is 0 Å². The van der Waals surface area contributed by atoms with Gasteiger partial charge in [0.05, 0.1) is 5.69 Å². The summed E-state index contributed by atoms with van der Waals surface area (Å²) >= 11 is 0. The Kier molecular flexibility index (Phi) is 4.58. The van der Waals surface area contributed by atoms with Crippen LogP contribution in [0.25, 0.3) is 0 Å². The van der Waals surface area contributed by atoms with Crippen LogP contribution in [0.4, 0.5) is 0 Å². The fourth-order valence-corrected chi connectivity index (χ4v) is 0.953. The third-order valence-electron chi connectivity index (χ3n) is 1.60. The van der Waals surface area contributed by atoms with Crippen molar-refractivity contribution < 1.29 is 0 Å². The molecule has 1 rings (SSSR count). The minimum absolute atomic E-state index is 0.762. The molecule has 0 aliphatic heterocycles. The maximum atomic E-state index is 5.12. The Morgan fingerprint density at radius 3 is 3.08 bits per heavy atom. The molecule has 1 aromatic rings. The van der Waals surface area contributed by atoms with Crippen molar-refractivity contribution in [1.29, 1.82) is 0 Å². The van der Waals surface area contributed by atoms with Crippen LogP contribution in [-0.2, 0) is 6.54 Å². The van der Waals surface area contributed by atoms with E-state index in [1.807, 2.05) is 0 Å². The summed E-state index contributed by atoms with van der Waals surface area (Å²) in [6, 6.07) is 0. The Labute approximate surface area is 78.6 Å². The van der Waals surface area contributed by atoms with Crippen LogP contribution in [0, 0.1) is 12.3 Å². The molecule has 0 amide bonds. The average Bonchev–Trinajstić information content (AvgIpc) is 2.19. The lowest BCUT2D eigenvalue weighted by molar-refractivity contribution is 0.647. The summed E-state index contributed by atoms with van der Waals surface area (Å²) in [5.41, 5.74) is 0.961. The highest BCUT2D eigenvalue weighted by Crippen LogP contribution is 1.89. The van der Waals surface area contributed by atoms with Crippen LogP contribution in [0.5, 0.6) is 0 Å². The SMILES string of the molecule is C#CCCCNCc1cnccn1. The number of rotatable bonds is 5. The van der Waals surface area contributed by atoms with Gasteiger partial charge in [-0.2, -0.15) is 0 Å². The molecule has 0 atom stereocenters.